The highest BCUT2D eigenvalue weighted by Gasteiger charge is 2.40. The van der Waals surface area contributed by atoms with E-state index in [1.54, 1.807) is 11.8 Å². The zero-order chi connectivity index (χ0) is 29.9. The first-order valence-corrected chi connectivity index (χ1v) is 15.2. The molecule has 2 aliphatic heterocycles. The quantitative estimate of drug-likeness (QED) is 0.256. The first kappa shape index (κ1) is 32.5. The third-order valence-corrected chi connectivity index (χ3v) is 8.46. The molecule has 0 radical (unpaired) electrons. The zero-order valence-electron chi connectivity index (χ0n) is 24.7. The van der Waals surface area contributed by atoms with Gasteiger partial charge in [-0.25, -0.2) is 0 Å². The van der Waals surface area contributed by atoms with Crippen LogP contribution in [0.4, 0.5) is 0 Å². The Bertz CT molecular complexity index is 1020. The van der Waals surface area contributed by atoms with Gasteiger partial charge in [-0.1, -0.05) is 69.9 Å². The minimum absolute atomic E-state index is 0.159. The fourth-order valence-electron chi connectivity index (χ4n) is 5.57. The largest absolute Gasteiger partial charge is 0.391 e. The Morgan fingerprint density at radius 1 is 0.878 bits per heavy atom. The Morgan fingerprint density at radius 3 is 2.24 bits per heavy atom. The standard InChI is InChI=1S/C31H48N4O6/c1-4-20(2)27-31(41)35-18-12-11-16-25(35)30(40)32-23(15-9-6-10-17-26(37)21(3)36)28(38)33-24(29(39)34-27)19-22-13-7-5-8-14-22/h5,7-8,13-14,20-21,23-27,36-37H,4,6,9-12,15-19H2,1-3H3,(H,32,40)(H,33,38)(H,34,39)/t20-,21-,23?,24-,25+,26+,27-/m1/s1. The summed E-state index contributed by atoms with van der Waals surface area (Å²) < 4.78 is 0. The van der Waals surface area contributed by atoms with Gasteiger partial charge in [0.2, 0.25) is 23.6 Å². The summed E-state index contributed by atoms with van der Waals surface area (Å²) in [6.45, 7) is 5.84. The Labute approximate surface area is 243 Å². The molecule has 3 rings (SSSR count). The van der Waals surface area contributed by atoms with Crippen molar-refractivity contribution in [3.63, 3.8) is 0 Å². The van der Waals surface area contributed by atoms with Crippen molar-refractivity contribution in [3.05, 3.63) is 35.9 Å². The number of nitrogens with zero attached hydrogens (tertiary/aromatic N) is 1. The summed E-state index contributed by atoms with van der Waals surface area (Å²) in [7, 11) is 0. The molecule has 10 heteroatoms. The van der Waals surface area contributed by atoms with Crippen LogP contribution in [-0.2, 0) is 25.6 Å². The summed E-state index contributed by atoms with van der Waals surface area (Å²) in [5.41, 5.74) is 0.861. The second kappa shape index (κ2) is 15.9. The van der Waals surface area contributed by atoms with Crippen LogP contribution in [0.3, 0.4) is 0 Å². The molecule has 4 amide bonds. The molecule has 2 saturated heterocycles. The number of carbonyl (C=O) groups excluding carboxylic acids is 4. The molecule has 0 aromatic heterocycles. The molecule has 5 N–H and O–H groups in total. The maximum atomic E-state index is 13.9. The van der Waals surface area contributed by atoms with E-state index in [0.29, 0.717) is 51.5 Å². The lowest BCUT2D eigenvalue weighted by atomic mass is 9.93. The summed E-state index contributed by atoms with van der Waals surface area (Å²) >= 11 is 0. The SMILES string of the molecule is CC[C@@H](C)[C@H]1NC(=O)[C@@H](Cc2ccccc2)NC(=O)C(CCCCC[C@H](O)[C@@H](C)O)NC(=O)[C@@H]2CCCCN2C1=O. The molecule has 0 spiro atoms. The van der Waals surface area contributed by atoms with Gasteiger partial charge in [0.15, 0.2) is 0 Å². The average Bonchev–Trinajstić information content (AvgIpc) is 2.97. The fraction of sp³-hybridized carbons (Fsp3) is 0.677. The molecule has 7 atom stereocenters. The van der Waals surface area contributed by atoms with Crippen molar-refractivity contribution in [1.29, 1.82) is 0 Å². The molecule has 10 nitrogen and oxygen atoms in total. The van der Waals surface area contributed by atoms with E-state index in [9.17, 15) is 29.4 Å². The number of unbranched alkanes of at least 4 members (excludes halogenated alkanes) is 2. The summed E-state index contributed by atoms with van der Waals surface area (Å²) in [5, 5.41) is 28.1. The van der Waals surface area contributed by atoms with Crippen LogP contribution in [-0.4, -0.2) is 81.7 Å². The molecule has 41 heavy (non-hydrogen) atoms. The van der Waals surface area contributed by atoms with Gasteiger partial charge in [0.1, 0.15) is 24.2 Å². The number of amides is 4. The number of piperidine rings is 1. The van der Waals surface area contributed by atoms with E-state index in [1.165, 1.54) is 0 Å². The highest BCUT2D eigenvalue weighted by atomic mass is 16.3. The van der Waals surface area contributed by atoms with Gasteiger partial charge in [0.25, 0.3) is 0 Å². The van der Waals surface area contributed by atoms with Crippen LogP contribution < -0.4 is 16.0 Å². The van der Waals surface area contributed by atoms with Crippen molar-refractivity contribution in [1.82, 2.24) is 20.9 Å². The third-order valence-electron chi connectivity index (χ3n) is 8.46. The van der Waals surface area contributed by atoms with Crippen LogP contribution in [0.5, 0.6) is 0 Å². The van der Waals surface area contributed by atoms with E-state index in [1.807, 2.05) is 44.2 Å². The lowest BCUT2D eigenvalue weighted by molar-refractivity contribution is -0.147. The molecule has 228 valence electrons. The van der Waals surface area contributed by atoms with E-state index in [2.05, 4.69) is 16.0 Å². The van der Waals surface area contributed by atoms with Gasteiger partial charge in [-0.05, 0) is 50.5 Å². The van der Waals surface area contributed by atoms with Crippen molar-refractivity contribution in [2.45, 2.75) is 121 Å². The van der Waals surface area contributed by atoms with Crippen molar-refractivity contribution in [3.8, 4) is 0 Å². The smallest absolute Gasteiger partial charge is 0.246 e. The van der Waals surface area contributed by atoms with Gasteiger partial charge in [-0.15, -0.1) is 0 Å². The molecular formula is C31H48N4O6. The Hall–Kier alpha value is -2.98. The summed E-state index contributed by atoms with van der Waals surface area (Å²) in [6, 6.07) is 6.06. The zero-order valence-corrected chi connectivity index (χ0v) is 24.7. The molecule has 1 aromatic carbocycles. The second-order valence-corrected chi connectivity index (χ2v) is 11.7. The number of aliphatic hydroxyl groups excluding tert-OH is 2. The van der Waals surface area contributed by atoms with Gasteiger partial charge >= 0.3 is 0 Å². The predicted molar refractivity (Wildman–Crippen MR) is 156 cm³/mol. The highest BCUT2D eigenvalue weighted by molar-refractivity contribution is 5.97. The van der Waals surface area contributed by atoms with Crippen LogP contribution in [0.1, 0.15) is 84.1 Å². The number of nitrogens with one attached hydrogen (secondary N) is 3. The molecule has 2 heterocycles. The lowest BCUT2D eigenvalue weighted by Crippen LogP contribution is -2.64. The van der Waals surface area contributed by atoms with E-state index < -0.39 is 48.2 Å². The Balaban J connectivity index is 1.86. The Kier molecular flexibility index (Phi) is 12.6. The molecule has 2 fully saturated rings. The normalized spacial score (nSPS) is 26.4. The number of hydrogen-bond donors (Lipinski definition) is 5. The summed E-state index contributed by atoms with van der Waals surface area (Å²) in [4.78, 5) is 56.3. The van der Waals surface area contributed by atoms with Crippen LogP contribution in [0.2, 0.25) is 0 Å². The van der Waals surface area contributed by atoms with E-state index in [0.717, 1.165) is 18.4 Å². The summed E-state index contributed by atoms with van der Waals surface area (Å²) in [5.74, 6) is -1.63. The molecule has 0 saturated carbocycles. The fourth-order valence-corrected chi connectivity index (χ4v) is 5.57. The first-order valence-electron chi connectivity index (χ1n) is 15.2. The van der Waals surface area contributed by atoms with Gasteiger partial charge < -0.3 is 31.1 Å². The first-order chi connectivity index (χ1) is 19.6. The van der Waals surface area contributed by atoms with E-state index >= 15 is 0 Å². The van der Waals surface area contributed by atoms with E-state index in [-0.39, 0.29) is 24.2 Å². The molecule has 2 aliphatic rings. The van der Waals surface area contributed by atoms with Crippen LogP contribution >= 0.6 is 0 Å². The summed E-state index contributed by atoms with van der Waals surface area (Å²) in [6.07, 6.45) is 4.11. The third kappa shape index (κ3) is 9.26. The van der Waals surface area contributed by atoms with Crippen LogP contribution in [0.25, 0.3) is 0 Å². The average molecular weight is 573 g/mol. The number of fused-ring (bicyclic) bond motifs is 1. The Morgan fingerprint density at radius 2 is 1.56 bits per heavy atom. The molecule has 1 unspecified atom stereocenters. The number of hydrogen-bond acceptors (Lipinski definition) is 6. The van der Waals surface area contributed by atoms with Crippen molar-refractivity contribution >= 4 is 23.6 Å². The van der Waals surface area contributed by atoms with Crippen LogP contribution in [0.15, 0.2) is 30.3 Å². The van der Waals surface area contributed by atoms with Crippen molar-refractivity contribution in [2.75, 3.05) is 6.54 Å². The van der Waals surface area contributed by atoms with Gasteiger partial charge in [0.05, 0.1) is 12.2 Å². The van der Waals surface area contributed by atoms with Crippen molar-refractivity contribution < 1.29 is 29.4 Å². The maximum Gasteiger partial charge on any atom is 0.246 e. The van der Waals surface area contributed by atoms with Crippen LogP contribution in [0, 0.1) is 5.92 Å². The number of benzene rings is 1. The van der Waals surface area contributed by atoms with Gasteiger partial charge in [-0.3, -0.25) is 19.2 Å². The molecule has 1 aromatic rings. The topological polar surface area (TPSA) is 148 Å². The number of carbonyl (C=O) groups is 4. The maximum absolute atomic E-state index is 13.9. The second-order valence-electron chi connectivity index (χ2n) is 11.7. The van der Waals surface area contributed by atoms with E-state index in [4.69, 9.17) is 0 Å². The number of aliphatic hydroxyl groups is 2. The highest BCUT2D eigenvalue weighted by Crippen LogP contribution is 2.22. The lowest BCUT2D eigenvalue weighted by Gasteiger charge is -2.39. The minimum Gasteiger partial charge on any atom is -0.391 e. The van der Waals surface area contributed by atoms with Crippen molar-refractivity contribution in [2.24, 2.45) is 5.92 Å². The number of rotatable bonds is 11. The van der Waals surface area contributed by atoms with Gasteiger partial charge in [-0.2, -0.15) is 0 Å². The molecule has 0 aliphatic carbocycles. The minimum atomic E-state index is -0.929. The molecular weight excluding hydrogens is 524 g/mol. The monoisotopic (exact) mass is 572 g/mol. The molecule has 0 bridgehead atoms. The predicted octanol–water partition coefficient (Wildman–Crippen LogP) is 1.82. The van der Waals surface area contributed by atoms with Gasteiger partial charge in [0, 0.05) is 13.0 Å².